The highest BCUT2D eigenvalue weighted by Crippen LogP contribution is 2.14. The topological polar surface area (TPSA) is 3.24 Å². The van der Waals surface area contributed by atoms with E-state index in [-0.39, 0.29) is 0 Å². The fourth-order valence-corrected chi connectivity index (χ4v) is 4.48. The van der Waals surface area contributed by atoms with Gasteiger partial charge in [-0.2, -0.15) is 0 Å². The lowest BCUT2D eigenvalue weighted by atomic mass is 10.0. The normalized spacial score (nSPS) is 11.3. The summed E-state index contributed by atoms with van der Waals surface area (Å²) in [6.07, 6.45) is 25.8. The van der Waals surface area contributed by atoms with Crippen LogP contribution in [0.15, 0.2) is 72.9 Å². The van der Waals surface area contributed by atoms with Crippen LogP contribution in [0.3, 0.4) is 0 Å². The number of allylic oxidation sites excluding steroid dienone is 1. The molecule has 0 atom stereocenters. The van der Waals surface area contributed by atoms with E-state index >= 15 is 0 Å². The predicted octanol–water partition coefficient (Wildman–Crippen LogP) is 10.1. The molecule has 182 valence electrons. The first kappa shape index (κ1) is 27.2. The molecule has 1 heteroatoms. The molecule has 1 nitrogen and oxygen atoms in total. The summed E-state index contributed by atoms with van der Waals surface area (Å²) in [5.74, 6) is 0. The molecule has 0 aliphatic carbocycles. The van der Waals surface area contributed by atoms with E-state index in [9.17, 15) is 0 Å². The van der Waals surface area contributed by atoms with E-state index in [0.29, 0.717) is 0 Å². The third-order valence-electron chi connectivity index (χ3n) is 6.50. The summed E-state index contributed by atoms with van der Waals surface area (Å²) in [6.45, 7) is 4.22. The monoisotopic (exact) mass is 447 g/mol. The Bertz CT molecular complexity index is 649. The Morgan fingerprint density at radius 1 is 0.515 bits per heavy atom. The zero-order valence-electron chi connectivity index (χ0n) is 21.4. The first-order valence-electron chi connectivity index (χ1n) is 13.9. The highest BCUT2D eigenvalue weighted by Gasteiger charge is 2.02. The van der Waals surface area contributed by atoms with Gasteiger partial charge in [-0.1, -0.05) is 157 Å². The fraction of sp³-hybridized carbons (Fsp3) is 0.562. The molecule has 0 fully saturated rings. The molecule has 33 heavy (non-hydrogen) atoms. The van der Waals surface area contributed by atoms with Gasteiger partial charge in [0.25, 0.3) is 0 Å². The third-order valence-corrected chi connectivity index (χ3v) is 6.50. The van der Waals surface area contributed by atoms with E-state index in [4.69, 9.17) is 0 Å². The molecule has 0 heterocycles. The summed E-state index contributed by atoms with van der Waals surface area (Å²) < 4.78 is 0. The Morgan fingerprint density at radius 3 is 1.33 bits per heavy atom. The standard InChI is InChI=1S/C32H49N/c1-2-3-4-5-6-7-8-9-10-11-12-13-14-15-16-23-28-33(29-31-24-19-17-20-25-31)30-32-26-21-18-22-27-32/h17-28H,2-16,29-30H2,1H3/b28-23-. The van der Waals surface area contributed by atoms with Crippen LogP contribution in [-0.2, 0) is 13.1 Å². The van der Waals surface area contributed by atoms with E-state index in [0.717, 1.165) is 13.1 Å². The van der Waals surface area contributed by atoms with Crippen molar-refractivity contribution in [2.45, 2.75) is 116 Å². The van der Waals surface area contributed by atoms with Crippen molar-refractivity contribution < 1.29 is 0 Å². The van der Waals surface area contributed by atoms with Crippen molar-refractivity contribution >= 4 is 0 Å². The number of rotatable bonds is 20. The summed E-state index contributed by atoms with van der Waals surface area (Å²) >= 11 is 0. The van der Waals surface area contributed by atoms with Crippen molar-refractivity contribution in [2.75, 3.05) is 0 Å². The minimum atomic E-state index is 0.963. The largest absolute Gasteiger partial charge is 0.369 e. The lowest BCUT2D eigenvalue weighted by Gasteiger charge is -2.21. The number of unbranched alkanes of at least 4 members (excludes halogenated alkanes) is 14. The fourth-order valence-electron chi connectivity index (χ4n) is 4.48. The van der Waals surface area contributed by atoms with Gasteiger partial charge in [-0.15, -0.1) is 0 Å². The third kappa shape index (κ3) is 14.7. The molecule has 0 aliphatic rings. The molecule has 0 aromatic heterocycles. The van der Waals surface area contributed by atoms with Gasteiger partial charge in [-0.05, 0) is 30.2 Å². The van der Waals surface area contributed by atoms with Crippen molar-refractivity contribution in [3.05, 3.63) is 84.1 Å². The molecule has 0 aliphatic heterocycles. The molecular weight excluding hydrogens is 398 g/mol. The van der Waals surface area contributed by atoms with E-state index in [2.05, 4.69) is 84.8 Å². The number of nitrogens with zero attached hydrogens (tertiary/aromatic N) is 1. The molecule has 2 rings (SSSR count). The zero-order chi connectivity index (χ0) is 23.2. The van der Waals surface area contributed by atoms with Crippen molar-refractivity contribution in [3.8, 4) is 0 Å². The highest BCUT2D eigenvalue weighted by atomic mass is 15.1. The van der Waals surface area contributed by atoms with Crippen LogP contribution in [0.25, 0.3) is 0 Å². The second kappa shape index (κ2) is 19.4. The molecule has 0 radical (unpaired) electrons. The predicted molar refractivity (Wildman–Crippen MR) is 146 cm³/mol. The highest BCUT2D eigenvalue weighted by molar-refractivity contribution is 5.17. The second-order valence-electron chi connectivity index (χ2n) is 9.65. The summed E-state index contributed by atoms with van der Waals surface area (Å²) in [7, 11) is 0. The molecule has 0 N–H and O–H groups in total. The number of hydrogen-bond donors (Lipinski definition) is 0. The van der Waals surface area contributed by atoms with Gasteiger partial charge in [0.05, 0.1) is 0 Å². The maximum atomic E-state index is 2.44. The molecule has 0 saturated carbocycles. The molecule has 2 aromatic carbocycles. The minimum absolute atomic E-state index is 0.963. The lowest BCUT2D eigenvalue weighted by molar-refractivity contribution is 0.360. The zero-order valence-corrected chi connectivity index (χ0v) is 21.4. The molecule has 0 unspecified atom stereocenters. The van der Waals surface area contributed by atoms with E-state index in [1.54, 1.807) is 0 Å². The van der Waals surface area contributed by atoms with Crippen molar-refractivity contribution in [3.63, 3.8) is 0 Å². The van der Waals surface area contributed by atoms with Crippen LogP contribution in [0.5, 0.6) is 0 Å². The van der Waals surface area contributed by atoms with Crippen molar-refractivity contribution in [1.82, 2.24) is 4.90 Å². The van der Waals surface area contributed by atoms with Gasteiger partial charge in [0.15, 0.2) is 0 Å². The lowest BCUT2D eigenvalue weighted by Crippen LogP contribution is -2.16. The minimum Gasteiger partial charge on any atom is -0.369 e. The van der Waals surface area contributed by atoms with E-state index in [1.165, 1.54) is 107 Å². The Kier molecular flexibility index (Phi) is 16.0. The van der Waals surface area contributed by atoms with Crippen molar-refractivity contribution in [1.29, 1.82) is 0 Å². The second-order valence-corrected chi connectivity index (χ2v) is 9.65. The van der Waals surface area contributed by atoms with Crippen LogP contribution >= 0.6 is 0 Å². The molecule has 0 bridgehead atoms. The average Bonchev–Trinajstić information content (AvgIpc) is 2.85. The Morgan fingerprint density at radius 2 is 0.909 bits per heavy atom. The Labute approximate surface area is 205 Å². The van der Waals surface area contributed by atoms with Gasteiger partial charge in [0, 0.05) is 13.1 Å². The maximum absolute atomic E-state index is 2.44. The van der Waals surface area contributed by atoms with Crippen LogP contribution in [0.1, 0.15) is 114 Å². The molecule has 0 spiro atoms. The molecule has 2 aromatic rings. The maximum Gasteiger partial charge on any atom is 0.0427 e. The van der Waals surface area contributed by atoms with Gasteiger partial charge < -0.3 is 4.90 Å². The van der Waals surface area contributed by atoms with E-state index < -0.39 is 0 Å². The first-order valence-corrected chi connectivity index (χ1v) is 13.9. The van der Waals surface area contributed by atoms with Crippen LogP contribution in [-0.4, -0.2) is 4.90 Å². The smallest absolute Gasteiger partial charge is 0.0427 e. The van der Waals surface area contributed by atoms with Crippen molar-refractivity contribution in [2.24, 2.45) is 0 Å². The van der Waals surface area contributed by atoms with Gasteiger partial charge in [-0.3, -0.25) is 0 Å². The number of benzene rings is 2. The van der Waals surface area contributed by atoms with Gasteiger partial charge >= 0.3 is 0 Å². The summed E-state index contributed by atoms with van der Waals surface area (Å²) in [6, 6.07) is 21.6. The van der Waals surface area contributed by atoms with Gasteiger partial charge in [-0.25, -0.2) is 0 Å². The number of hydrogen-bond acceptors (Lipinski definition) is 1. The van der Waals surface area contributed by atoms with Crippen LogP contribution in [0.4, 0.5) is 0 Å². The van der Waals surface area contributed by atoms with E-state index in [1.807, 2.05) is 0 Å². The first-order chi connectivity index (χ1) is 16.4. The Balaban J connectivity index is 1.52. The van der Waals surface area contributed by atoms with Gasteiger partial charge in [0.2, 0.25) is 0 Å². The summed E-state index contributed by atoms with van der Waals surface area (Å²) in [5, 5.41) is 0. The summed E-state index contributed by atoms with van der Waals surface area (Å²) in [5.41, 5.74) is 2.74. The SMILES string of the molecule is CCCCCCCCCCCCCCCC/C=C\N(Cc1ccccc1)Cc1ccccc1. The van der Waals surface area contributed by atoms with Crippen LogP contribution < -0.4 is 0 Å². The van der Waals surface area contributed by atoms with Gasteiger partial charge in [0.1, 0.15) is 0 Å². The Hall–Kier alpha value is -2.02. The van der Waals surface area contributed by atoms with Crippen LogP contribution in [0.2, 0.25) is 0 Å². The quantitative estimate of drug-likeness (QED) is 0.182. The molecule has 0 amide bonds. The average molecular weight is 448 g/mol. The van der Waals surface area contributed by atoms with Crippen LogP contribution in [0, 0.1) is 0 Å². The molecule has 0 saturated heterocycles. The molecular formula is C32H49N. The summed E-state index contributed by atoms with van der Waals surface area (Å²) in [4.78, 5) is 2.44.